The van der Waals surface area contributed by atoms with Crippen molar-refractivity contribution in [1.82, 2.24) is 10.2 Å². The Morgan fingerprint density at radius 1 is 1.03 bits per heavy atom. The molecular formula is C24H30Cl2N2O3. The molecule has 2 amide bonds. The molecule has 0 saturated heterocycles. The second kappa shape index (κ2) is 11.4. The molecule has 2 aromatic carbocycles. The van der Waals surface area contributed by atoms with Gasteiger partial charge in [0.15, 0.2) is 0 Å². The number of nitrogens with one attached hydrogen (secondary N) is 1. The first kappa shape index (κ1) is 25.0. The van der Waals surface area contributed by atoms with Gasteiger partial charge in [-0.1, -0.05) is 47.5 Å². The summed E-state index contributed by atoms with van der Waals surface area (Å²) >= 11 is 12.6. The number of hydrogen-bond donors (Lipinski definition) is 1. The Balaban J connectivity index is 2.10. The Bertz CT molecular complexity index is 862. The van der Waals surface area contributed by atoms with Crippen LogP contribution in [0.5, 0.6) is 5.75 Å². The number of halogens is 2. The average molecular weight is 465 g/mol. The van der Waals surface area contributed by atoms with Crippen molar-refractivity contribution in [1.29, 1.82) is 0 Å². The summed E-state index contributed by atoms with van der Waals surface area (Å²) in [4.78, 5) is 27.4. The zero-order chi connectivity index (χ0) is 23.0. The second-order valence-electron chi connectivity index (χ2n) is 8.40. The molecule has 0 aliphatic heterocycles. The number of benzene rings is 2. The van der Waals surface area contributed by atoms with Crippen molar-refractivity contribution in [3.8, 4) is 5.75 Å². The molecule has 2 aromatic rings. The van der Waals surface area contributed by atoms with E-state index in [1.165, 1.54) is 4.90 Å². The van der Waals surface area contributed by atoms with Crippen LogP contribution in [0.25, 0.3) is 0 Å². The van der Waals surface area contributed by atoms with Gasteiger partial charge in [0.05, 0.1) is 6.61 Å². The molecule has 7 heteroatoms. The summed E-state index contributed by atoms with van der Waals surface area (Å²) in [7, 11) is 0. The first-order valence-electron chi connectivity index (χ1n) is 10.3. The van der Waals surface area contributed by atoms with Gasteiger partial charge in [-0.3, -0.25) is 9.59 Å². The van der Waals surface area contributed by atoms with Crippen LogP contribution in [0.3, 0.4) is 0 Å². The van der Waals surface area contributed by atoms with Gasteiger partial charge in [-0.05, 0) is 58.4 Å². The van der Waals surface area contributed by atoms with E-state index in [9.17, 15) is 9.59 Å². The monoisotopic (exact) mass is 464 g/mol. The fourth-order valence-electron chi connectivity index (χ4n) is 2.98. The largest absolute Gasteiger partial charge is 0.494 e. The smallest absolute Gasteiger partial charge is 0.242 e. The lowest BCUT2D eigenvalue weighted by atomic mass is 10.1. The van der Waals surface area contributed by atoms with E-state index in [1.54, 1.807) is 25.1 Å². The van der Waals surface area contributed by atoms with E-state index in [0.29, 0.717) is 28.6 Å². The molecule has 2 rings (SSSR count). The summed E-state index contributed by atoms with van der Waals surface area (Å²) in [5.74, 6) is 0.362. The summed E-state index contributed by atoms with van der Waals surface area (Å²) in [5.41, 5.74) is 0.209. The minimum atomic E-state index is -0.686. The van der Waals surface area contributed by atoms with Crippen molar-refractivity contribution < 1.29 is 14.3 Å². The SMILES string of the molecule is C[C@@H](C(=O)NC(C)(C)C)N(Cc1c(Cl)cccc1Cl)C(=O)CCCOc1ccccc1. The van der Waals surface area contributed by atoms with Crippen molar-refractivity contribution in [2.24, 2.45) is 0 Å². The number of amides is 2. The zero-order valence-electron chi connectivity index (χ0n) is 18.5. The number of para-hydroxylation sites is 1. The Morgan fingerprint density at radius 3 is 2.23 bits per heavy atom. The van der Waals surface area contributed by atoms with E-state index in [-0.39, 0.29) is 24.8 Å². The number of nitrogens with zero attached hydrogens (tertiary/aromatic N) is 1. The summed E-state index contributed by atoms with van der Waals surface area (Å²) in [6, 6.07) is 13.9. The van der Waals surface area contributed by atoms with E-state index in [0.717, 1.165) is 5.75 Å². The van der Waals surface area contributed by atoms with E-state index in [2.05, 4.69) is 5.32 Å². The molecule has 0 unspecified atom stereocenters. The van der Waals surface area contributed by atoms with Gasteiger partial charge in [0, 0.05) is 34.1 Å². The third-order valence-corrected chi connectivity index (χ3v) is 5.31. The number of rotatable bonds is 9. The van der Waals surface area contributed by atoms with E-state index in [1.807, 2.05) is 51.1 Å². The van der Waals surface area contributed by atoms with Crippen LogP contribution < -0.4 is 10.1 Å². The van der Waals surface area contributed by atoms with Crippen LogP contribution >= 0.6 is 23.2 Å². The predicted molar refractivity (Wildman–Crippen MR) is 126 cm³/mol. The molecule has 0 aromatic heterocycles. The number of carbonyl (C=O) groups excluding carboxylic acids is 2. The molecule has 168 valence electrons. The third-order valence-electron chi connectivity index (χ3n) is 4.60. The van der Waals surface area contributed by atoms with Crippen LogP contribution in [0, 0.1) is 0 Å². The normalized spacial score (nSPS) is 12.2. The van der Waals surface area contributed by atoms with Gasteiger partial charge in [0.25, 0.3) is 0 Å². The summed E-state index contributed by atoms with van der Waals surface area (Å²) in [5, 5.41) is 3.85. The van der Waals surface area contributed by atoms with E-state index < -0.39 is 11.6 Å². The molecule has 0 fully saturated rings. The van der Waals surface area contributed by atoms with Crippen LogP contribution in [-0.2, 0) is 16.1 Å². The van der Waals surface area contributed by atoms with Crippen LogP contribution in [0.4, 0.5) is 0 Å². The molecule has 31 heavy (non-hydrogen) atoms. The van der Waals surface area contributed by atoms with Crippen LogP contribution in [0.1, 0.15) is 46.1 Å². The molecule has 1 atom stereocenters. The van der Waals surface area contributed by atoms with Gasteiger partial charge in [-0.15, -0.1) is 0 Å². The van der Waals surface area contributed by atoms with Crippen molar-refractivity contribution in [3.63, 3.8) is 0 Å². The van der Waals surface area contributed by atoms with Gasteiger partial charge in [0.1, 0.15) is 11.8 Å². The van der Waals surface area contributed by atoms with Gasteiger partial charge in [0.2, 0.25) is 11.8 Å². The fourth-order valence-corrected chi connectivity index (χ4v) is 3.50. The average Bonchev–Trinajstić information content (AvgIpc) is 2.70. The lowest BCUT2D eigenvalue weighted by Gasteiger charge is -2.32. The van der Waals surface area contributed by atoms with E-state index in [4.69, 9.17) is 27.9 Å². The number of carbonyl (C=O) groups is 2. The van der Waals surface area contributed by atoms with Gasteiger partial charge in [-0.25, -0.2) is 0 Å². The maximum Gasteiger partial charge on any atom is 0.242 e. The molecule has 0 spiro atoms. The lowest BCUT2D eigenvalue weighted by Crippen LogP contribution is -2.52. The second-order valence-corrected chi connectivity index (χ2v) is 9.22. The maximum absolute atomic E-state index is 13.1. The minimum Gasteiger partial charge on any atom is -0.494 e. The molecule has 0 radical (unpaired) electrons. The Kier molecular flexibility index (Phi) is 9.20. The molecule has 0 bridgehead atoms. The van der Waals surface area contributed by atoms with Crippen LogP contribution in [-0.4, -0.2) is 34.9 Å². The highest BCUT2D eigenvalue weighted by atomic mass is 35.5. The van der Waals surface area contributed by atoms with Crippen LogP contribution in [0.2, 0.25) is 10.0 Å². The Hall–Kier alpha value is -2.24. The van der Waals surface area contributed by atoms with Crippen molar-refractivity contribution >= 4 is 35.0 Å². The first-order chi connectivity index (χ1) is 14.6. The van der Waals surface area contributed by atoms with Gasteiger partial charge in [-0.2, -0.15) is 0 Å². The van der Waals surface area contributed by atoms with Gasteiger partial charge >= 0.3 is 0 Å². The summed E-state index contributed by atoms with van der Waals surface area (Å²) in [6.45, 7) is 7.96. The standard InChI is InChI=1S/C24H30Cl2N2O3/c1-17(23(30)27-24(2,3)4)28(16-19-20(25)12-8-13-21(19)26)22(29)14-9-15-31-18-10-6-5-7-11-18/h5-8,10-13,17H,9,14-16H2,1-4H3,(H,27,30)/t17-/m0/s1. The minimum absolute atomic E-state index is 0.148. The molecule has 0 aliphatic carbocycles. The molecule has 0 heterocycles. The van der Waals surface area contributed by atoms with Crippen molar-refractivity contribution in [3.05, 3.63) is 64.1 Å². The van der Waals surface area contributed by atoms with Crippen molar-refractivity contribution in [2.75, 3.05) is 6.61 Å². The molecule has 0 saturated carbocycles. The summed E-state index contributed by atoms with van der Waals surface area (Å²) < 4.78 is 5.67. The predicted octanol–water partition coefficient (Wildman–Crippen LogP) is 5.48. The number of ether oxygens (including phenoxy) is 1. The van der Waals surface area contributed by atoms with Crippen LogP contribution in [0.15, 0.2) is 48.5 Å². The Labute approximate surface area is 194 Å². The van der Waals surface area contributed by atoms with Crippen molar-refractivity contribution in [2.45, 2.75) is 58.7 Å². The first-order valence-corrected chi connectivity index (χ1v) is 11.1. The fraction of sp³-hybridized carbons (Fsp3) is 0.417. The quantitative estimate of drug-likeness (QED) is 0.499. The Morgan fingerprint density at radius 2 is 1.65 bits per heavy atom. The summed E-state index contributed by atoms with van der Waals surface area (Å²) in [6.07, 6.45) is 0.760. The highest BCUT2D eigenvalue weighted by Crippen LogP contribution is 2.27. The topological polar surface area (TPSA) is 58.6 Å². The highest BCUT2D eigenvalue weighted by molar-refractivity contribution is 6.36. The molecular weight excluding hydrogens is 435 g/mol. The molecule has 1 N–H and O–H groups in total. The number of hydrogen-bond acceptors (Lipinski definition) is 3. The zero-order valence-corrected chi connectivity index (χ0v) is 20.0. The lowest BCUT2D eigenvalue weighted by molar-refractivity contribution is -0.141. The molecule has 5 nitrogen and oxygen atoms in total. The van der Waals surface area contributed by atoms with Gasteiger partial charge < -0.3 is 15.0 Å². The maximum atomic E-state index is 13.1. The molecule has 0 aliphatic rings. The highest BCUT2D eigenvalue weighted by Gasteiger charge is 2.29. The van der Waals surface area contributed by atoms with E-state index >= 15 is 0 Å². The third kappa shape index (κ3) is 8.08.